The van der Waals surface area contributed by atoms with Crippen molar-refractivity contribution < 1.29 is 14.7 Å². The van der Waals surface area contributed by atoms with E-state index >= 15 is 0 Å². The second kappa shape index (κ2) is 8.27. The number of aromatic hydroxyl groups is 1. The minimum atomic E-state index is -0.598. The van der Waals surface area contributed by atoms with Crippen molar-refractivity contribution in [2.75, 3.05) is 20.6 Å². The summed E-state index contributed by atoms with van der Waals surface area (Å²) in [6.45, 7) is 2.23. The SMILES string of the molecule is C/C(=N\O)C(CN(C)C)C(c1ccccc1)c1c(O)c2ccccc2oc1=O. The minimum Gasteiger partial charge on any atom is -0.507 e. The molecule has 0 aliphatic heterocycles. The Labute approximate surface area is 163 Å². The third-order valence-electron chi connectivity index (χ3n) is 4.95. The average molecular weight is 380 g/mol. The van der Waals surface area contributed by atoms with Gasteiger partial charge in [0.1, 0.15) is 11.3 Å². The second-order valence-corrected chi connectivity index (χ2v) is 7.15. The fourth-order valence-corrected chi connectivity index (χ4v) is 3.63. The fourth-order valence-electron chi connectivity index (χ4n) is 3.63. The number of nitrogens with zero attached hydrogens (tertiary/aromatic N) is 2. The van der Waals surface area contributed by atoms with Gasteiger partial charge < -0.3 is 19.6 Å². The van der Waals surface area contributed by atoms with Crippen LogP contribution >= 0.6 is 0 Å². The van der Waals surface area contributed by atoms with E-state index in [0.717, 1.165) is 5.56 Å². The van der Waals surface area contributed by atoms with Crippen LogP contribution in [-0.2, 0) is 0 Å². The van der Waals surface area contributed by atoms with Crippen molar-refractivity contribution in [3.05, 3.63) is 76.1 Å². The smallest absolute Gasteiger partial charge is 0.343 e. The summed E-state index contributed by atoms with van der Waals surface area (Å²) in [5, 5.41) is 24.4. The van der Waals surface area contributed by atoms with E-state index in [4.69, 9.17) is 4.42 Å². The molecule has 0 saturated heterocycles. The lowest BCUT2D eigenvalue weighted by Crippen LogP contribution is -2.34. The van der Waals surface area contributed by atoms with Crippen LogP contribution < -0.4 is 5.63 Å². The maximum absolute atomic E-state index is 12.9. The first-order chi connectivity index (χ1) is 13.4. The zero-order valence-corrected chi connectivity index (χ0v) is 16.2. The number of fused-ring (bicyclic) bond motifs is 1. The summed E-state index contributed by atoms with van der Waals surface area (Å²) in [6.07, 6.45) is 0. The Morgan fingerprint density at radius 2 is 1.75 bits per heavy atom. The topological polar surface area (TPSA) is 86.3 Å². The number of hydrogen-bond acceptors (Lipinski definition) is 6. The first kappa shape index (κ1) is 19.6. The van der Waals surface area contributed by atoms with Crippen LogP contribution in [0.25, 0.3) is 11.0 Å². The molecule has 1 heterocycles. The van der Waals surface area contributed by atoms with Gasteiger partial charge in [-0.05, 0) is 38.7 Å². The molecule has 2 unspecified atom stereocenters. The Balaban J connectivity index is 2.32. The molecule has 6 heteroatoms. The van der Waals surface area contributed by atoms with Crippen LogP contribution in [0.5, 0.6) is 5.75 Å². The van der Waals surface area contributed by atoms with Crippen molar-refractivity contribution in [3.63, 3.8) is 0 Å². The molecule has 146 valence electrons. The lowest BCUT2D eigenvalue weighted by atomic mass is 9.78. The van der Waals surface area contributed by atoms with Crippen LogP contribution in [-0.4, -0.2) is 41.6 Å². The summed E-state index contributed by atoms with van der Waals surface area (Å²) in [4.78, 5) is 14.9. The van der Waals surface area contributed by atoms with Crippen LogP contribution in [0.2, 0.25) is 0 Å². The van der Waals surface area contributed by atoms with E-state index in [0.29, 0.717) is 23.2 Å². The number of oxime groups is 1. The van der Waals surface area contributed by atoms with Gasteiger partial charge in [-0.3, -0.25) is 0 Å². The van der Waals surface area contributed by atoms with Crippen molar-refractivity contribution in [1.82, 2.24) is 4.90 Å². The highest BCUT2D eigenvalue weighted by Crippen LogP contribution is 2.39. The van der Waals surface area contributed by atoms with Gasteiger partial charge in [0.2, 0.25) is 0 Å². The molecule has 0 amide bonds. The summed E-state index contributed by atoms with van der Waals surface area (Å²) < 4.78 is 5.51. The maximum atomic E-state index is 12.9. The van der Waals surface area contributed by atoms with Crippen LogP contribution in [0.15, 0.2) is 69.0 Å². The number of para-hydroxylation sites is 1. The van der Waals surface area contributed by atoms with E-state index in [9.17, 15) is 15.1 Å². The molecule has 0 bridgehead atoms. The fraction of sp³-hybridized carbons (Fsp3) is 0.273. The van der Waals surface area contributed by atoms with Gasteiger partial charge in [0.25, 0.3) is 0 Å². The third kappa shape index (κ3) is 3.77. The zero-order valence-electron chi connectivity index (χ0n) is 16.2. The molecule has 2 N–H and O–H groups in total. The summed E-state index contributed by atoms with van der Waals surface area (Å²) in [6, 6.07) is 16.3. The number of hydrogen-bond donors (Lipinski definition) is 2. The quantitative estimate of drug-likeness (QED) is 0.295. The number of benzene rings is 2. The Morgan fingerprint density at radius 1 is 1.11 bits per heavy atom. The normalized spacial score (nSPS) is 14.4. The predicted molar refractivity (Wildman–Crippen MR) is 109 cm³/mol. The Bertz CT molecular complexity index is 1040. The van der Waals surface area contributed by atoms with Crippen molar-refractivity contribution in [3.8, 4) is 5.75 Å². The zero-order chi connectivity index (χ0) is 20.3. The largest absolute Gasteiger partial charge is 0.507 e. The molecule has 2 atom stereocenters. The average Bonchev–Trinajstić information content (AvgIpc) is 2.69. The first-order valence-electron chi connectivity index (χ1n) is 9.07. The van der Waals surface area contributed by atoms with E-state index in [1.165, 1.54) is 0 Å². The molecule has 28 heavy (non-hydrogen) atoms. The minimum absolute atomic E-state index is 0.102. The second-order valence-electron chi connectivity index (χ2n) is 7.15. The summed E-state index contributed by atoms with van der Waals surface area (Å²) in [5.74, 6) is -0.993. The summed E-state index contributed by atoms with van der Waals surface area (Å²) in [5.41, 5.74) is 1.20. The van der Waals surface area contributed by atoms with Crippen LogP contribution in [0.3, 0.4) is 0 Å². The molecule has 1 aromatic heterocycles. The molecule has 3 aromatic rings. The van der Waals surface area contributed by atoms with Gasteiger partial charge >= 0.3 is 5.63 Å². The van der Waals surface area contributed by atoms with E-state index < -0.39 is 11.5 Å². The molecule has 0 aliphatic carbocycles. The van der Waals surface area contributed by atoms with Crippen LogP contribution in [0, 0.1) is 5.92 Å². The highest BCUT2D eigenvalue weighted by Gasteiger charge is 2.33. The van der Waals surface area contributed by atoms with Crippen LogP contribution in [0.1, 0.15) is 24.0 Å². The molecule has 0 radical (unpaired) electrons. The van der Waals surface area contributed by atoms with E-state index in [2.05, 4.69) is 5.16 Å². The summed E-state index contributed by atoms with van der Waals surface area (Å²) >= 11 is 0. The van der Waals surface area contributed by atoms with Crippen molar-refractivity contribution >= 4 is 16.7 Å². The highest BCUT2D eigenvalue weighted by atomic mass is 16.4. The lowest BCUT2D eigenvalue weighted by molar-refractivity contribution is 0.301. The molecule has 2 aromatic carbocycles. The molecule has 6 nitrogen and oxygen atoms in total. The molecule has 0 fully saturated rings. The van der Waals surface area contributed by atoms with Crippen LogP contribution in [0.4, 0.5) is 0 Å². The first-order valence-corrected chi connectivity index (χ1v) is 9.07. The Morgan fingerprint density at radius 3 is 2.39 bits per heavy atom. The molecule has 3 rings (SSSR count). The van der Waals surface area contributed by atoms with Gasteiger partial charge in [-0.25, -0.2) is 4.79 Å². The van der Waals surface area contributed by atoms with Gasteiger partial charge in [0, 0.05) is 18.4 Å². The van der Waals surface area contributed by atoms with Gasteiger partial charge in [-0.15, -0.1) is 0 Å². The Hall–Kier alpha value is -3.12. The standard InChI is InChI=1S/C22H24N2O4/c1-14(23-27)17(13-24(2)3)19(15-9-5-4-6-10-15)20-21(25)16-11-7-8-12-18(16)28-22(20)26/h4-12,17,19,25,27H,13H2,1-3H3/b23-14+. The van der Waals surface area contributed by atoms with E-state index in [1.54, 1.807) is 31.2 Å². The molecule has 0 spiro atoms. The monoisotopic (exact) mass is 380 g/mol. The van der Waals surface area contributed by atoms with Crippen molar-refractivity contribution in [2.45, 2.75) is 12.8 Å². The molecule has 0 saturated carbocycles. The maximum Gasteiger partial charge on any atom is 0.343 e. The van der Waals surface area contributed by atoms with Gasteiger partial charge in [0.05, 0.1) is 16.7 Å². The third-order valence-corrected chi connectivity index (χ3v) is 4.95. The molecular formula is C22H24N2O4. The predicted octanol–water partition coefficient (Wildman–Crippen LogP) is 3.66. The summed E-state index contributed by atoms with van der Waals surface area (Å²) in [7, 11) is 3.81. The van der Waals surface area contributed by atoms with Gasteiger partial charge in [-0.1, -0.05) is 47.6 Å². The Kier molecular flexibility index (Phi) is 5.80. The van der Waals surface area contributed by atoms with E-state index in [1.807, 2.05) is 49.3 Å². The number of rotatable bonds is 6. The molecular weight excluding hydrogens is 356 g/mol. The van der Waals surface area contributed by atoms with E-state index in [-0.39, 0.29) is 17.2 Å². The lowest BCUT2D eigenvalue weighted by Gasteiger charge is -2.29. The highest BCUT2D eigenvalue weighted by molar-refractivity contribution is 5.87. The van der Waals surface area contributed by atoms with Crippen molar-refractivity contribution in [1.29, 1.82) is 0 Å². The molecule has 0 aliphatic rings. The van der Waals surface area contributed by atoms with Gasteiger partial charge in [0.15, 0.2) is 0 Å². The van der Waals surface area contributed by atoms with Crippen molar-refractivity contribution in [2.24, 2.45) is 11.1 Å². The van der Waals surface area contributed by atoms with Gasteiger partial charge in [-0.2, -0.15) is 0 Å².